The second kappa shape index (κ2) is 5.48. The minimum atomic E-state index is -0.235. The predicted octanol–water partition coefficient (Wildman–Crippen LogP) is 1.88. The molecule has 0 unspecified atom stereocenters. The summed E-state index contributed by atoms with van der Waals surface area (Å²) in [4.78, 5) is 23.9. The Hall–Kier alpha value is -2.43. The van der Waals surface area contributed by atoms with E-state index < -0.39 is 0 Å². The second-order valence-corrected chi connectivity index (χ2v) is 4.16. The third kappa shape index (κ3) is 3.07. The SMILES string of the molecule is COc1cccc(C(=O)CC(=O)c2cnn(C)c2)c1. The van der Waals surface area contributed by atoms with E-state index in [1.807, 2.05) is 0 Å². The van der Waals surface area contributed by atoms with E-state index in [9.17, 15) is 9.59 Å². The van der Waals surface area contributed by atoms with Crippen molar-refractivity contribution in [2.75, 3.05) is 7.11 Å². The Morgan fingerprint density at radius 2 is 2.00 bits per heavy atom. The molecule has 5 heteroatoms. The molecule has 1 aromatic carbocycles. The van der Waals surface area contributed by atoms with E-state index in [4.69, 9.17) is 4.74 Å². The summed E-state index contributed by atoms with van der Waals surface area (Å²) >= 11 is 0. The largest absolute Gasteiger partial charge is 0.497 e. The molecule has 0 saturated carbocycles. The lowest BCUT2D eigenvalue weighted by molar-refractivity contribution is 0.0894. The van der Waals surface area contributed by atoms with Crippen LogP contribution in [0.15, 0.2) is 36.7 Å². The van der Waals surface area contributed by atoms with Gasteiger partial charge >= 0.3 is 0 Å². The first kappa shape index (κ1) is 13.0. The van der Waals surface area contributed by atoms with Gasteiger partial charge in [0.25, 0.3) is 0 Å². The molecule has 2 aromatic rings. The Morgan fingerprint density at radius 1 is 1.26 bits per heavy atom. The Balaban J connectivity index is 2.10. The van der Waals surface area contributed by atoms with Crippen LogP contribution in [0.4, 0.5) is 0 Å². The molecular formula is C14H14N2O3. The molecule has 1 heterocycles. The molecule has 2 rings (SSSR count). The lowest BCUT2D eigenvalue weighted by atomic mass is 10.0. The van der Waals surface area contributed by atoms with Crippen LogP contribution >= 0.6 is 0 Å². The van der Waals surface area contributed by atoms with Gasteiger partial charge in [-0.05, 0) is 12.1 Å². The third-order valence-electron chi connectivity index (χ3n) is 2.74. The first-order valence-electron chi connectivity index (χ1n) is 5.79. The van der Waals surface area contributed by atoms with Crippen molar-refractivity contribution in [3.63, 3.8) is 0 Å². The van der Waals surface area contributed by atoms with Gasteiger partial charge in [0.1, 0.15) is 5.75 Å². The van der Waals surface area contributed by atoms with Crippen molar-refractivity contribution in [2.24, 2.45) is 7.05 Å². The first-order valence-corrected chi connectivity index (χ1v) is 5.79. The zero-order chi connectivity index (χ0) is 13.8. The third-order valence-corrected chi connectivity index (χ3v) is 2.74. The average Bonchev–Trinajstić information content (AvgIpc) is 2.85. The van der Waals surface area contributed by atoms with Gasteiger partial charge in [-0.2, -0.15) is 5.10 Å². The summed E-state index contributed by atoms with van der Waals surface area (Å²) in [6.07, 6.45) is 2.89. The van der Waals surface area contributed by atoms with Crippen LogP contribution < -0.4 is 4.74 Å². The fraction of sp³-hybridized carbons (Fsp3) is 0.214. The number of benzene rings is 1. The maximum Gasteiger partial charge on any atom is 0.173 e. The van der Waals surface area contributed by atoms with E-state index in [0.717, 1.165) is 0 Å². The highest BCUT2D eigenvalue weighted by Crippen LogP contribution is 2.15. The van der Waals surface area contributed by atoms with Crippen molar-refractivity contribution >= 4 is 11.6 Å². The first-order chi connectivity index (χ1) is 9.10. The van der Waals surface area contributed by atoms with Crippen molar-refractivity contribution < 1.29 is 14.3 Å². The van der Waals surface area contributed by atoms with Crippen LogP contribution in [0, 0.1) is 0 Å². The fourth-order valence-electron chi connectivity index (χ4n) is 1.71. The number of ketones is 2. The summed E-state index contributed by atoms with van der Waals surface area (Å²) in [7, 11) is 3.26. The molecule has 0 aliphatic heterocycles. The molecule has 1 aromatic heterocycles. The van der Waals surface area contributed by atoms with Crippen molar-refractivity contribution in [1.29, 1.82) is 0 Å². The number of methoxy groups -OCH3 is 1. The number of hydrogen-bond donors (Lipinski definition) is 0. The monoisotopic (exact) mass is 258 g/mol. The van der Waals surface area contributed by atoms with Crippen LogP contribution in [0.5, 0.6) is 5.75 Å². The smallest absolute Gasteiger partial charge is 0.173 e. The molecule has 0 radical (unpaired) electrons. The second-order valence-electron chi connectivity index (χ2n) is 4.16. The summed E-state index contributed by atoms with van der Waals surface area (Å²) in [5.74, 6) is 0.133. The van der Waals surface area contributed by atoms with E-state index in [2.05, 4.69) is 5.10 Å². The van der Waals surface area contributed by atoms with Gasteiger partial charge in [0.2, 0.25) is 0 Å². The maximum atomic E-state index is 12.0. The Labute approximate surface area is 110 Å². The highest BCUT2D eigenvalue weighted by atomic mass is 16.5. The molecular weight excluding hydrogens is 244 g/mol. The lowest BCUT2D eigenvalue weighted by Gasteiger charge is -2.03. The zero-order valence-corrected chi connectivity index (χ0v) is 10.8. The molecule has 0 spiro atoms. The number of carbonyl (C=O) groups excluding carboxylic acids is 2. The summed E-state index contributed by atoms with van der Waals surface area (Å²) < 4.78 is 6.58. The summed E-state index contributed by atoms with van der Waals surface area (Å²) in [6.45, 7) is 0. The van der Waals surface area contributed by atoms with Crippen molar-refractivity contribution in [3.8, 4) is 5.75 Å². The van der Waals surface area contributed by atoms with Crippen LogP contribution in [0.25, 0.3) is 0 Å². The number of ether oxygens (including phenoxy) is 1. The molecule has 0 bridgehead atoms. The van der Waals surface area contributed by atoms with Gasteiger partial charge in [-0.1, -0.05) is 12.1 Å². The molecule has 98 valence electrons. The molecule has 0 saturated heterocycles. The highest BCUT2D eigenvalue weighted by Gasteiger charge is 2.15. The summed E-state index contributed by atoms with van der Waals surface area (Å²) in [5, 5.41) is 3.91. The van der Waals surface area contributed by atoms with E-state index in [-0.39, 0.29) is 18.0 Å². The van der Waals surface area contributed by atoms with Crippen molar-refractivity contribution in [1.82, 2.24) is 9.78 Å². The number of rotatable bonds is 5. The summed E-state index contributed by atoms with van der Waals surface area (Å²) in [5.41, 5.74) is 0.912. The van der Waals surface area contributed by atoms with Crippen LogP contribution in [0.1, 0.15) is 27.1 Å². The highest BCUT2D eigenvalue weighted by molar-refractivity contribution is 6.13. The minimum Gasteiger partial charge on any atom is -0.497 e. The number of nitrogens with zero attached hydrogens (tertiary/aromatic N) is 2. The van der Waals surface area contributed by atoms with Crippen LogP contribution in [0.2, 0.25) is 0 Å². The topological polar surface area (TPSA) is 61.2 Å². The Kier molecular flexibility index (Phi) is 3.75. The molecule has 0 fully saturated rings. The van der Waals surface area contributed by atoms with Crippen LogP contribution in [-0.2, 0) is 7.05 Å². The fourth-order valence-corrected chi connectivity index (χ4v) is 1.71. The van der Waals surface area contributed by atoms with Crippen LogP contribution in [-0.4, -0.2) is 28.5 Å². The van der Waals surface area contributed by atoms with Gasteiger partial charge in [-0.3, -0.25) is 14.3 Å². The van der Waals surface area contributed by atoms with E-state index in [1.54, 1.807) is 37.5 Å². The van der Waals surface area contributed by atoms with E-state index in [0.29, 0.717) is 16.9 Å². The number of carbonyl (C=O) groups is 2. The van der Waals surface area contributed by atoms with Gasteiger partial charge in [-0.15, -0.1) is 0 Å². The molecule has 0 amide bonds. The number of Topliss-reactive ketones (excluding diaryl/α,β-unsaturated/α-hetero) is 2. The Morgan fingerprint density at radius 3 is 2.63 bits per heavy atom. The van der Waals surface area contributed by atoms with Gasteiger partial charge in [0.05, 0.1) is 25.3 Å². The van der Waals surface area contributed by atoms with Crippen LogP contribution in [0.3, 0.4) is 0 Å². The molecule has 19 heavy (non-hydrogen) atoms. The molecule has 0 atom stereocenters. The Bertz CT molecular complexity index is 617. The zero-order valence-electron chi connectivity index (χ0n) is 10.8. The van der Waals surface area contributed by atoms with Gasteiger partial charge in [0.15, 0.2) is 11.6 Å². The van der Waals surface area contributed by atoms with Gasteiger partial charge in [-0.25, -0.2) is 0 Å². The van der Waals surface area contributed by atoms with Crippen molar-refractivity contribution in [3.05, 3.63) is 47.8 Å². The van der Waals surface area contributed by atoms with E-state index >= 15 is 0 Å². The molecule has 0 N–H and O–H groups in total. The number of aryl methyl sites for hydroxylation is 1. The van der Waals surface area contributed by atoms with E-state index in [1.165, 1.54) is 18.0 Å². The normalized spacial score (nSPS) is 10.2. The minimum absolute atomic E-state index is 0.168. The van der Waals surface area contributed by atoms with Gasteiger partial charge < -0.3 is 4.74 Å². The quantitative estimate of drug-likeness (QED) is 0.607. The molecule has 5 nitrogen and oxygen atoms in total. The number of aromatic nitrogens is 2. The maximum absolute atomic E-state index is 12.0. The number of hydrogen-bond acceptors (Lipinski definition) is 4. The predicted molar refractivity (Wildman–Crippen MR) is 69.5 cm³/mol. The standard InChI is InChI=1S/C14H14N2O3/c1-16-9-11(8-15-16)14(18)7-13(17)10-4-3-5-12(6-10)19-2/h3-6,8-9H,7H2,1-2H3. The molecule has 0 aliphatic carbocycles. The average molecular weight is 258 g/mol. The summed E-state index contributed by atoms with van der Waals surface area (Å²) in [6, 6.07) is 6.76. The lowest BCUT2D eigenvalue weighted by Crippen LogP contribution is -2.08. The molecule has 0 aliphatic rings. The van der Waals surface area contributed by atoms with Gasteiger partial charge in [0, 0.05) is 18.8 Å². The van der Waals surface area contributed by atoms with Crippen molar-refractivity contribution in [2.45, 2.75) is 6.42 Å².